The first-order valence-corrected chi connectivity index (χ1v) is 5.65. The van der Waals surface area contributed by atoms with E-state index in [0.29, 0.717) is 28.7 Å². The van der Waals surface area contributed by atoms with E-state index in [9.17, 15) is 5.11 Å². The lowest BCUT2D eigenvalue weighted by Crippen LogP contribution is -1.89. The van der Waals surface area contributed by atoms with Crippen molar-refractivity contribution in [2.24, 2.45) is 0 Å². The summed E-state index contributed by atoms with van der Waals surface area (Å²) in [7, 11) is 1.57. The minimum atomic E-state index is 0.0273. The molecule has 0 aliphatic carbocycles. The number of imidazole rings is 1. The number of ether oxygens (including phenoxy) is 1. The van der Waals surface area contributed by atoms with E-state index < -0.39 is 0 Å². The molecule has 90 valence electrons. The number of benzene rings is 1. The predicted molar refractivity (Wildman–Crippen MR) is 66.6 cm³/mol. The molecular formula is C12H13ClN2O2. The van der Waals surface area contributed by atoms with Crippen molar-refractivity contribution in [2.45, 2.75) is 13.3 Å². The quantitative estimate of drug-likeness (QED) is 0.883. The van der Waals surface area contributed by atoms with Crippen LogP contribution in [0.4, 0.5) is 0 Å². The van der Waals surface area contributed by atoms with Crippen LogP contribution in [-0.4, -0.2) is 22.2 Å². The molecular weight excluding hydrogens is 240 g/mol. The normalized spacial score (nSPS) is 10.5. The number of nitrogens with zero attached hydrogens (tertiary/aromatic N) is 1. The summed E-state index contributed by atoms with van der Waals surface area (Å²) in [6, 6.07) is 5.27. The van der Waals surface area contributed by atoms with E-state index in [1.807, 2.05) is 6.92 Å². The largest absolute Gasteiger partial charge is 0.496 e. The molecule has 0 atom stereocenters. The van der Waals surface area contributed by atoms with Crippen molar-refractivity contribution in [3.05, 3.63) is 28.9 Å². The Balaban J connectivity index is 2.51. The highest BCUT2D eigenvalue weighted by molar-refractivity contribution is 6.30. The number of nitrogens with one attached hydrogen (secondary N) is 1. The highest BCUT2D eigenvalue weighted by Gasteiger charge is 2.13. The fraction of sp³-hybridized carbons (Fsp3) is 0.250. The Kier molecular flexibility index (Phi) is 3.24. The fourth-order valence-electron chi connectivity index (χ4n) is 1.63. The number of H-pyrrole nitrogens is 1. The van der Waals surface area contributed by atoms with E-state index in [1.54, 1.807) is 25.3 Å². The standard InChI is InChI=1S/C12H13ClN2O2/c1-3-9-12(16)15-11(14-9)8-5-4-7(13)6-10(8)17-2/h4-6,16H,3H2,1-2H3,(H,14,15). The fourth-order valence-corrected chi connectivity index (χ4v) is 1.80. The van der Waals surface area contributed by atoms with Crippen molar-refractivity contribution in [3.63, 3.8) is 0 Å². The molecule has 2 rings (SSSR count). The van der Waals surface area contributed by atoms with Gasteiger partial charge in [0.05, 0.1) is 18.4 Å². The highest BCUT2D eigenvalue weighted by Crippen LogP contribution is 2.32. The average Bonchev–Trinajstić information content (AvgIpc) is 2.70. The molecule has 5 heteroatoms. The van der Waals surface area contributed by atoms with Gasteiger partial charge in [0.25, 0.3) is 0 Å². The number of rotatable bonds is 3. The molecule has 0 bridgehead atoms. The Hall–Kier alpha value is -1.68. The van der Waals surface area contributed by atoms with Crippen LogP contribution in [0.1, 0.15) is 12.6 Å². The van der Waals surface area contributed by atoms with Crippen molar-refractivity contribution < 1.29 is 9.84 Å². The molecule has 0 aliphatic heterocycles. The van der Waals surface area contributed by atoms with E-state index >= 15 is 0 Å². The van der Waals surface area contributed by atoms with Gasteiger partial charge in [-0.25, -0.2) is 0 Å². The zero-order valence-electron chi connectivity index (χ0n) is 9.62. The molecule has 0 saturated heterocycles. The third-order valence-electron chi connectivity index (χ3n) is 2.53. The second-order valence-electron chi connectivity index (χ2n) is 3.59. The summed E-state index contributed by atoms with van der Waals surface area (Å²) in [6.45, 7) is 1.94. The lowest BCUT2D eigenvalue weighted by Gasteiger charge is -2.06. The van der Waals surface area contributed by atoms with Crippen molar-refractivity contribution in [3.8, 4) is 23.0 Å². The Morgan fingerprint density at radius 2 is 2.24 bits per heavy atom. The molecule has 1 aromatic heterocycles. The van der Waals surface area contributed by atoms with Gasteiger partial charge in [-0.1, -0.05) is 18.5 Å². The number of aryl methyl sites for hydroxylation is 1. The molecule has 2 N–H and O–H groups in total. The molecule has 0 radical (unpaired) electrons. The summed E-state index contributed by atoms with van der Waals surface area (Å²) < 4.78 is 5.24. The van der Waals surface area contributed by atoms with Crippen molar-refractivity contribution in [1.82, 2.24) is 9.97 Å². The summed E-state index contributed by atoms with van der Waals surface area (Å²) in [4.78, 5) is 7.12. The smallest absolute Gasteiger partial charge is 0.232 e. The Bertz CT molecular complexity index is 537. The maximum Gasteiger partial charge on any atom is 0.232 e. The van der Waals surface area contributed by atoms with Crippen molar-refractivity contribution >= 4 is 11.6 Å². The lowest BCUT2D eigenvalue weighted by atomic mass is 10.2. The summed E-state index contributed by atoms with van der Waals surface area (Å²) in [5, 5.41) is 10.2. The SMILES string of the molecule is CCc1[nH]c(-c2ccc(Cl)cc2OC)nc1O. The van der Waals surface area contributed by atoms with Crippen LogP contribution in [0.15, 0.2) is 18.2 Å². The van der Waals surface area contributed by atoms with Crippen LogP contribution in [0.5, 0.6) is 11.6 Å². The summed E-state index contributed by atoms with van der Waals surface area (Å²) >= 11 is 5.89. The zero-order chi connectivity index (χ0) is 12.4. The average molecular weight is 253 g/mol. The molecule has 1 aromatic carbocycles. The van der Waals surface area contributed by atoms with Crippen LogP contribution in [0.2, 0.25) is 5.02 Å². The number of hydrogen-bond donors (Lipinski definition) is 2. The van der Waals surface area contributed by atoms with Crippen LogP contribution >= 0.6 is 11.6 Å². The van der Waals surface area contributed by atoms with E-state index in [4.69, 9.17) is 16.3 Å². The van der Waals surface area contributed by atoms with Gasteiger partial charge in [0.2, 0.25) is 5.88 Å². The zero-order valence-corrected chi connectivity index (χ0v) is 10.4. The predicted octanol–water partition coefficient (Wildman–Crippen LogP) is 3.01. The van der Waals surface area contributed by atoms with Crippen molar-refractivity contribution in [1.29, 1.82) is 0 Å². The highest BCUT2D eigenvalue weighted by atomic mass is 35.5. The lowest BCUT2D eigenvalue weighted by molar-refractivity contribution is 0.416. The Morgan fingerprint density at radius 1 is 1.47 bits per heavy atom. The van der Waals surface area contributed by atoms with Gasteiger partial charge in [-0.05, 0) is 24.6 Å². The minimum absolute atomic E-state index is 0.0273. The van der Waals surface area contributed by atoms with Crippen LogP contribution in [0.25, 0.3) is 11.4 Å². The topological polar surface area (TPSA) is 58.1 Å². The molecule has 0 unspecified atom stereocenters. The second-order valence-corrected chi connectivity index (χ2v) is 4.02. The van der Waals surface area contributed by atoms with Gasteiger partial charge < -0.3 is 14.8 Å². The van der Waals surface area contributed by atoms with Crippen LogP contribution in [0.3, 0.4) is 0 Å². The maximum absolute atomic E-state index is 9.60. The van der Waals surface area contributed by atoms with Gasteiger partial charge in [-0.2, -0.15) is 4.98 Å². The van der Waals surface area contributed by atoms with E-state index in [0.717, 1.165) is 5.56 Å². The molecule has 0 aliphatic rings. The maximum atomic E-state index is 9.60. The molecule has 1 heterocycles. The molecule has 0 saturated carbocycles. The minimum Gasteiger partial charge on any atom is -0.496 e. The molecule has 17 heavy (non-hydrogen) atoms. The van der Waals surface area contributed by atoms with Crippen molar-refractivity contribution in [2.75, 3.05) is 7.11 Å². The van der Waals surface area contributed by atoms with Crippen LogP contribution < -0.4 is 4.74 Å². The number of aromatic amines is 1. The number of halogens is 1. The van der Waals surface area contributed by atoms with Gasteiger partial charge in [0.1, 0.15) is 11.6 Å². The first-order valence-electron chi connectivity index (χ1n) is 5.27. The summed E-state index contributed by atoms with van der Waals surface area (Å²) in [5.74, 6) is 1.22. The van der Waals surface area contributed by atoms with Gasteiger partial charge in [0, 0.05) is 5.02 Å². The number of aromatic nitrogens is 2. The first-order chi connectivity index (χ1) is 8.15. The van der Waals surface area contributed by atoms with Crippen LogP contribution in [-0.2, 0) is 6.42 Å². The van der Waals surface area contributed by atoms with E-state index in [1.165, 1.54) is 0 Å². The number of aromatic hydroxyl groups is 1. The number of hydrogen-bond acceptors (Lipinski definition) is 3. The first kappa shape index (κ1) is 11.8. The Labute approximate surface area is 104 Å². The third kappa shape index (κ3) is 2.22. The molecule has 0 spiro atoms. The van der Waals surface area contributed by atoms with Gasteiger partial charge >= 0.3 is 0 Å². The molecule has 0 amide bonds. The Morgan fingerprint density at radius 3 is 2.82 bits per heavy atom. The monoisotopic (exact) mass is 252 g/mol. The van der Waals surface area contributed by atoms with Gasteiger partial charge in [-0.15, -0.1) is 0 Å². The van der Waals surface area contributed by atoms with Crippen LogP contribution in [0, 0.1) is 0 Å². The molecule has 4 nitrogen and oxygen atoms in total. The summed E-state index contributed by atoms with van der Waals surface area (Å²) in [5.41, 5.74) is 1.48. The second kappa shape index (κ2) is 4.67. The molecule has 2 aromatic rings. The third-order valence-corrected chi connectivity index (χ3v) is 2.76. The summed E-state index contributed by atoms with van der Waals surface area (Å²) in [6.07, 6.45) is 0.689. The number of methoxy groups -OCH3 is 1. The molecule has 0 fully saturated rings. The van der Waals surface area contributed by atoms with E-state index in [2.05, 4.69) is 9.97 Å². The van der Waals surface area contributed by atoms with E-state index in [-0.39, 0.29) is 5.88 Å². The van der Waals surface area contributed by atoms with Gasteiger partial charge in [-0.3, -0.25) is 0 Å². The van der Waals surface area contributed by atoms with Gasteiger partial charge in [0.15, 0.2) is 0 Å².